The van der Waals surface area contributed by atoms with Gasteiger partial charge in [0.25, 0.3) is 0 Å². The molecule has 2 saturated heterocycles. The maximum Gasteiger partial charge on any atom is 0.321 e. The Morgan fingerprint density at radius 1 is 1.15 bits per heavy atom. The predicted molar refractivity (Wildman–Crippen MR) is 99.6 cm³/mol. The number of hydrogen-bond donors (Lipinski definition) is 4. The van der Waals surface area contributed by atoms with Gasteiger partial charge in [-0.15, -0.1) is 0 Å². The van der Waals surface area contributed by atoms with Crippen molar-refractivity contribution in [1.29, 1.82) is 0 Å². The molecule has 0 radical (unpaired) electrons. The van der Waals surface area contributed by atoms with Gasteiger partial charge < -0.3 is 16.0 Å². The average molecular weight is 367 g/mol. The van der Waals surface area contributed by atoms with E-state index in [1.807, 2.05) is 25.7 Å². The lowest BCUT2D eigenvalue weighted by atomic mass is 9.98. The molecule has 148 valence electrons. The van der Waals surface area contributed by atoms with Gasteiger partial charge >= 0.3 is 6.03 Å². The standard InChI is InChI=1S/C18H33N5O3/c1-18(2,3)22-17(26)21-15(24)12-23-9-5-6-13(11-23)10-20-16(25)14-7-4-8-19-14/h13-14,19H,4-12H2,1-3H3,(H,20,25)(H2,21,22,24,26). The first-order chi connectivity index (χ1) is 12.2. The Balaban J connectivity index is 1.69. The second kappa shape index (κ2) is 9.32. The molecule has 2 fully saturated rings. The highest BCUT2D eigenvalue weighted by atomic mass is 16.2. The molecule has 0 spiro atoms. The first-order valence-electron chi connectivity index (χ1n) is 9.58. The number of nitrogens with zero attached hydrogens (tertiary/aromatic N) is 1. The van der Waals surface area contributed by atoms with Crippen LogP contribution in [-0.2, 0) is 9.59 Å². The van der Waals surface area contributed by atoms with Crippen LogP contribution in [0, 0.1) is 5.92 Å². The Kier molecular flexibility index (Phi) is 7.40. The highest BCUT2D eigenvalue weighted by Gasteiger charge is 2.25. The van der Waals surface area contributed by atoms with Gasteiger partial charge in [-0.2, -0.15) is 0 Å². The van der Waals surface area contributed by atoms with E-state index in [4.69, 9.17) is 0 Å². The summed E-state index contributed by atoms with van der Waals surface area (Å²) in [5.41, 5.74) is -0.382. The van der Waals surface area contributed by atoms with Gasteiger partial charge in [0.2, 0.25) is 11.8 Å². The molecule has 4 amide bonds. The Morgan fingerprint density at radius 2 is 1.92 bits per heavy atom. The van der Waals surface area contributed by atoms with Crippen LogP contribution in [0.25, 0.3) is 0 Å². The van der Waals surface area contributed by atoms with Crippen molar-refractivity contribution in [3.8, 4) is 0 Å². The lowest BCUT2D eigenvalue weighted by molar-refractivity contribution is -0.124. The van der Waals surface area contributed by atoms with E-state index in [-0.39, 0.29) is 29.9 Å². The van der Waals surface area contributed by atoms with Crippen LogP contribution in [0.1, 0.15) is 46.5 Å². The third kappa shape index (κ3) is 7.29. The van der Waals surface area contributed by atoms with Crippen molar-refractivity contribution >= 4 is 17.8 Å². The summed E-state index contributed by atoms with van der Waals surface area (Å²) in [5.74, 6) is 0.119. The number of nitrogens with one attached hydrogen (secondary N) is 4. The van der Waals surface area contributed by atoms with E-state index in [0.29, 0.717) is 12.5 Å². The minimum Gasteiger partial charge on any atom is -0.354 e. The summed E-state index contributed by atoms with van der Waals surface area (Å²) in [7, 11) is 0. The molecule has 2 aliphatic rings. The van der Waals surface area contributed by atoms with E-state index in [2.05, 4.69) is 21.3 Å². The van der Waals surface area contributed by atoms with Crippen LogP contribution in [0.2, 0.25) is 0 Å². The van der Waals surface area contributed by atoms with E-state index in [9.17, 15) is 14.4 Å². The Labute approximate surface area is 155 Å². The maximum atomic E-state index is 12.1. The van der Waals surface area contributed by atoms with Gasteiger partial charge in [-0.3, -0.25) is 19.8 Å². The molecule has 2 aliphatic heterocycles. The number of imide groups is 1. The second-order valence-corrected chi connectivity index (χ2v) is 8.39. The van der Waals surface area contributed by atoms with E-state index in [1.54, 1.807) is 0 Å². The van der Waals surface area contributed by atoms with Gasteiger partial charge in [0.15, 0.2) is 0 Å². The molecule has 2 heterocycles. The first-order valence-corrected chi connectivity index (χ1v) is 9.58. The van der Waals surface area contributed by atoms with E-state index in [1.165, 1.54) is 0 Å². The summed E-state index contributed by atoms with van der Waals surface area (Å²) in [5, 5.41) is 11.3. The molecule has 0 aromatic rings. The number of amides is 4. The third-order valence-corrected chi connectivity index (χ3v) is 4.65. The number of carbonyl (C=O) groups is 3. The first kappa shape index (κ1) is 20.6. The molecule has 26 heavy (non-hydrogen) atoms. The zero-order chi connectivity index (χ0) is 19.2. The largest absolute Gasteiger partial charge is 0.354 e. The van der Waals surface area contributed by atoms with Crippen molar-refractivity contribution in [2.45, 2.75) is 58.0 Å². The topological polar surface area (TPSA) is 103 Å². The van der Waals surface area contributed by atoms with Crippen LogP contribution in [-0.4, -0.2) is 67.0 Å². The molecule has 0 aromatic carbocycles. The van der Waals surface area contributed by atoms with Gasteiger partial charge in [0.1, 0.15) is 0 Å². The minimum absolute atomic E-state index is 0.0539. The quantitative estimate of drug-likeness (QED) is 0.556. The van der Waals surface area contributed by atoms with E-state index >= 15 is 0 Å². The molecule has 0 aliphatic carbocycles. The number of carbonyl (C=O) groups excluding carboxylic acids is 3. The van der Waals surface area contributed by atoms with Gasteiger partial charge in [-0.1, -0.05) is 0 Å². The number of piperidine rings is 1. The van der Waals surface area contributed by atoms with E-state index < -0.39 is 6.03 Å². The van der Waals surface area contributed by atoms with Crippen LogP contribution >= 0.6 is 0 Å². The van der Waals surface area contributed by atoms with Gasteiger partial charge in [0.05, 0.1) is 12.6 Å². The van der Waals surface area contributed by atoms with Crippen molar-refractivity contribution in [3.05, 3.63) is 0 Å². The lowest BCUT2D eigenvalue weighted by Gasteiger charge is -2.32. The summed E-state index contributed by atoms with van der Waals surface area (Å²) < 4.78 is 0. The molecular formula is C18H33N5O3. The number of urea groups is 1. The fourth-order valence-corrected chi connectivity index (χ4v) is 3.48. The zero-order valence-electron chi connectivity index (χ0n) is 16.2. The van der Waals surface area contributed by atoms with Crippen molar-refractivity contribution < 1.29 is 14.4 Å². The summed E-state index contributed by atoms with van der Waals surface area (Å²) in [6.45, 7) is 8.93. The van der Waals surface area contributed by atoms with Crippen molar-refractivity contribution in [2.24, 2.45) is 5.92 Å². The third-order valence-electron chi connectivity index (χ3n) is 4.65. The minimum atomic E-state index is -0.465. The molecule has 0 saturated carbocycles. The molecular weight excluding hydrogens is 334 g/mol. The molecule has 2 rings (SSSR count). The highest BCUT2D eigenvalue weighted by Crippen LogP contribution is 2.15. The fraction of sp³-hybridized carbons (Fsp3) is 0.833. The van der Waals surface area contributed by atoms with Crippen molar-refractivity contribution in [3.63, 3.8) is 0 Å². The molecule has 0 aromatic heterocycles. The Bertz CT molecular complexity index is 511. The molecule has 2 atom stereocenters. The maximum absolute atomic E-state index is 12.1. The fourth-order valence-electron chi connectivity index (χ4n) is 3.48. The van der Waals surface area contributed by atoms with Crippen LogP contribution in [0.3, 0.4) is 0 Å². The summed E-state index contributed by atoms with van der Waals surface area (Å²) in [6, 6.07) is -0.519. The van der Waals surface area contributed by atoms with Crippen LogP contribution < -0.4 is 21.3 Å². The lowest BCUT2D eigenvalue weighted by Crippen LogP contribution is -2.51. The number of hydrogen-bond acceptors (Lipinski definition) is 5. The number of likely N-dealkylation sites (tertiary alicyclic amines) is 1. The summed E-state index contributed by atoms with van der Waals surface area (Å²) >= 11 is 0. The monoisotopic (exact) mass is 367 g/mol. The van der Waals surface area contributed by atoms with Crippen LogP contribution in [0.4, 0.5) is 4.79 Å². The van der Waals surface area contributed by atoms with Gasteiger partial charge in [-0.25, -0.2) is 4.79 Å². The molecule has 2 unspecified atom stereocenters. The Morgan fingerprint density at radius 3 is 2.58 bits per heavy atom. The normalized spacial score (nSPS) is 24.1. The van der Waals surface area contributed by atoms with Crippen molar-refractivity contribution in [2.75, 3.05) is 32.7 Å². The molecule has 8 nitrogen and oxygen atoms in total. The smallest absolute Gasteiger partial charge is 0.321 e. The zero-order valence-corrected chi connectivity index (χ0v) is 16.2. The SMILES string of the molecule is CC(C)(C)NC(=O)NC(=O)CN1CCCC(CNC(=O)C2CCCN2)C1. The average Bonchev–Trinajstić information content (AvgIpc) is 3.05. The highest BCUT2D eigenvalue weighted by molar-refractivity contribution is 5.95. The van der Waals surface area contributed by atoms with Crippen molar-refractivity contribution in [1.82, 2.24) is 26.2 Å². The van der Waals surface area contributed by atoms with Crippen LogP contribution in [0.15, 0.2) is 0 Å². The predicted octanol–water partition coefficient (Wildman–Crippen LogP) is 0.191. The summed E-state index contributed by atoms with van der Waals surface area (Å²) in [4.78, 5) is 38.0. The van der Waals surface area contributed by atoms with Gasteiger partial charge in [-0.05, 0) is 65.5 Å². The van der Waals surface area contributed by atoms with E-state index in [0.717, 1.165) is 45.3 Å². The number of rotatable bonds is 5. The van der Waals surface area contributed by atoms with Gasteiger partial charge in [0, 0.05) is 18.6 Å². The molecule has 0 bridgehead atoms. The van der Waals surface area contributed by atoms with Crippen LogP contribution in [0.5, 0.6) is 0 Å². The Hall–Kier alpha value is -1.67. The summed E-state index contributed by atoms with van der Waals surface area (Å²) in [6.07, 6.45) is 3.98. The molecule has 4 N–H and O–H groups in total. The second-order valence-electron chi connectivity index (χ2n) is 8.39. The molecule has 8 heteroatoms.